The van der Waals surface area contributed by atoms with Gasteiger partial charge in [-0.15, -0.1) is 0 Å². The van der Waals surface area contributed by atoms with Crippen molar-refractivity contribution in [3.8, 4) is 0 Å². The standard InChI is InChI=1S/C20H24N2S/c1-14-7-11-19(12-8-14)22-20(23)21-15(2)17-10-9-16-5-3-4-6-18(16)13-17/h7-13,15H,3-6H2,1-2H3,(H2,21,22,23)/t15-/m1/s1. The molecule has 2 N–H and O–H groups in total. The van der Waals surface area contributed by atoms with Crippen LogP contribution in [-0.4, -0.2) is 5.11 Å². The number of thiocarbonyl (C=S) groups is 1. The van der Waals surface area contributed by atoms with Gasteiger partial charge in [0.2, 0.25) is 0 Å². The van der Waals surface area contributed by atoms with Gasteiger partial charge in [0.15, 0.2) is 5.11 Å². The first-order valence-electron chi connectivity index (χ1n) is 8.38. The second kappa shape index (κ2) is 7.14. The van der Waals surface area contributed by atoms with Crippen molar-refractivity contribution in [2.45, 2.75) is 45.6 Å². The lowest BCUT2D eigenvalue weighted by Gasteiger charge is -2.21. The van der Waals surface area contributed by atoms with Gasteiger partial charge in [-0.3, -0.25) is 0 Å². The van der Waals surface area contributed by atoms with E-state index in [4.69, 9.17) is 12.2 Å². The van der Waals surface area contributed by atoms with E-state index in [0.717, 1.165) is 5.69 Å². The predicted molar refractivity (Wildman–Crippen MR) is 102 cm³/mol. The molecule has 3 rings (SSSR count). The van der Waals surface area contributed by atoms with Crippen LogP contribution < -0.4 is 10.6 Å². The molecule has 0 aliphatic heterocycles. The summed E-state index contributed by atoms with van der Waals surface area (Å²) in [5.41, 5.74) is 6.61. The molecule has 23 heavy (non-hydrogen) atoms. The second-order valence-corrected chi connectivity index (χ2v) is 6.83. The SMILES string of the molecule is Cc1ccc(NC(=S)N[C@H](C)c2ccc3c(c2)CCCC3)cc1. The first-order valence-corrected chi connectivity index (χ1v) is 8.78. The summed E-state index contributed by atoms with van der Waals surface area (Å²) in [6.07, 6.45) is 5.07. The zero-order valence-corrected chi connectivity index (χ0v) is 14.7. The molecule has 1 atom stereocenters. The van der Waals surface area contributed by atoms with Crippen LogP contribution in [0.3, 0.4) is 0 Å². The van der Waals surface area contributed by atoms with E-state index in [1.807, 2.05) is 12.1 Å². The van der Waals surface area contributed by atoms with Gasteiger partial charge in [-0.2, -0.15) is 0 Å². The normalized spacial score (nSPS) is 14.7. The molecule has 2 aromatic carbocycles. The van der Waals surface area contributed by atoms with Gasteiger partial charge in [-0.1, -0.05) is 35.9 Å². The molecule has 0 fully saturated rings. The van der Waals surface area contributed by atoms with E-state index in [1.54, 1.807) is 0 Å². The molecule has 0 bridgehead atoms. The van der Waals surface area contributed by atoms with Crippen LogP contribution in [0.5, 0.6) is 0 Å². The van der Waals surface area contributed by atoms with Gasteiger partial charge in [0.1, 0.15) is 0 Å². The fraction of sp³-hybridized carbons (Fsp3) is 0.350. The molecule has 0 saturated carbocycles. The van der Waals surface area contributed by atoms with Gasteiger partial charge in [0.05, 0.1) is 6.04 Å². The van der Waals surface area contributed by atoms with Crippen molar-refractivity contribution < 1.29 is 0 Å². The number of rotatable bonds is 3. The predicted octanol–water partition coefficient (Wildman–Crippen LogP) is 4.92. The van der Waals surface area contributed by atoms with E-state index in [0.29, 0.717) is 5.11 Å². The molecule has 0 aromatic heterocycles. The number of nitrogens with one attached hydrogen (secondary N) is 2. The Labute approximate surface area is 144 Å². The largest absolute Gasteiger partial charge is 0.356 e. The minimum Gasteiger partial charge on any atom is -0.356 e. The molecule has 0 saturated heterocycles. The van der Waals surface area contributed by atoms with Crippen molar-refractivity contribution in [2.24, 2.45) is 0 Å². The number of hydrogen-bond acceptors (Lipinski definition) is 1. The first-order chi connectivity index (χ1) is 11.1. The third-order valence-corrected chi connectivity index (χ3v) is 4.75. The molecular formula is C20H24N2S. The molecule has 0 radical (unpaired) electrons. The maximum absolute atomic E-state index is 5.44. The van der Waals surface area contributed by atoms with Crippen molar-refractivity contribution in [1.29, 1.82) is 0 Å². The van der Waals surface area contributed by atoms with Crippen LogP contribution in [-0.2, 0) is 12.8 Å². The third kappa shape index (κ3) is 4.11. The molecular weight excluding hydrogens is 300 g/mol. The van der Waals surface area contributed by atoms with Crippen molar-refractivity contribution in [3.05, 3.63) is 64.7 Å². The van der Waals surface area contributed by atoms with Crippen LogP contribution in [0.1, 0.15) is 48.1 Å². The summed E-state index contributed by atoms with van der Waals surface area (Å²) in [4.78, 5) is 0. The van der Waals surface area contributed by atoms with Crippen molar-refractivity contribution in [2.75, 3.05) is 5.32 Å². The Bertz CT molecular complexity index is 691. The zero-order valence-electron chi connectivity index (χ0n) is 13.9. The van der Waals surface area contributed by atoms with Gasteiger partial charge in [0, 0.05) is 5.69 Å². The fourth-order valence-corrected chi connectivity index (χ4v) is 3.40. The summed E-state index contributed by atoms with van der Waals surface area (Å²) in [6.45, 7) is 4.24. The maximum Gasteiger partial charge on any atom is 0.171 e. The number of fused-ring (bicyclic) bond motifs is 1. The first kappa shape index (κ1) is 16.0. The highest BCUT2D eigenvalue weighted by Gasteiger charge is 2.13. The molecule has 1 aliphatic rings. The summed E-state index contributed by atoms with van der Waals surface area (Å²) in [5.74, 6) is 0. The molecule has 1 aliphatic carbocycles. The molecule has 0 spiro atoms. The van der Waals surface area contributed by atoms with Crippen molar-refractivity contribution in [1.82, 2.24) is 5.32 Å². The lowest BCUT2D eigenvalue weighted by molar-refractivity contribution is 0.675. The summed E-state index contributed by atoms with van der Waals surface area (Å²) in [6, 6.07) is 15.3. The summed E-state index contributed by atoms with van der Waals surface area (Å²) in [7, 11) is 0. The molecule has 2 nitrogen and oxygen atoms in total. The molecule has 3 heteroatoms. The van der Waals surface area contributed by atoms with E-state index in [1.165, 1.54) is 47.9 Å². The van der Waals surface area contributed by atoms with Crippen LogP contribution in [0.15, 0.2) is 42.5 Å². The van der Waals surface area contributed by atoms with E-state index < -0.39 is 0 Å². The monoisotopic (exact) mass is 324 g/mol. The molecule has 2 aromatic rings. The van der Waals surface area contributed by atoms with E-state index >= 15 is 0 Å². The van der Waals surface area contributed by atoms with Crippen molar-refractivity contribution in [3.63, 3.8) is 0 Å². The topological polar surface area (TPSA) is 24.1 Å². The third-order valence-electron chi connectivity index (χ3n) is 4.53. The average Bonchev–Trinajstić information content (AvgIpc) is 2.56. The summed E-state index contributed by atoms with van der Waals surface area (Å²) >= 11 is 5.44. The van der Waals surface area contributed by atoms with E-state index in [9.17, 15) is 0 Å². The maximum atomic E-state index is 5.44. The lowest BCUT2D eigenvalue weighted by atomic mass is 9.89. The van der Waals surface area contributed by atoms with E-state index in [-0.39, 0.29) is 6.04 Å². The molecule has 0 unspecified atom stereocenters. The summed E-state index contributed by atoms with van der Waals surface area (Å²) in [5, 5.41) is 7.30. The number of anilines is 1. The minimum absolute atomic E-state index is 0.202. The van der Waals surface area contributed by atoms with Gasteiger partial charge in [-0.25, -0.2) is 0 Å². The zero-order chi connectivity index (χ0) is 16.2. The van der Waals surface area contributed by atoms with Crippen LogP contribution >= 0.6 is 12.2 Å². The Balaban J connectivity index is 1.63. The second-order valence-electron chi connectivity index (χ2n) is 6.42. The molecule has 0 amide bonds. The fourth-order valence-electron chi connectivity index (χ4n) is 3.11. The lowest BCUT2D eigenvalue weighted by Crippen LogP contribution is -2.31. The van der Waals surface area contributed by atoms with Crippen molar-refractivity contribution >= 4 is 23.0 Å². The Kier molecular flexibility index (Phi) is 4.97. The van der Waals surface area contributed by atoms with E-state index in [2.05, 4.69) is 54.8 Å². The van der Waals surface area contributed by atoms with Gasteiger partial charge in [-0.05, 0) is 80.6 Å². The number of hydrogen-bond donors (Lipinski definition) is 2. The Morgan fingerprint density at radius 1 is 1.00 bits per heavy atom. The minimum atomic E-state index is 0.202. The highest BCUT2D eigenvalue weighted by atomic mass is 32.1. The quantitative estimate of drug-likeness (QED) is 0.784. The van der Waals surface area contributed by atoms with Gasteiger partial charge in [0.25, 0.3) is 0 Å². The highest BCUT2D eigenvalue weighted by molar-refractivity contribution is 7.80. The summed E-state index contributed by atoms with van der Waals surface area (Å²) < 4.78 is 0. The smallest absolute Gasteiger partial charge is 0.171 e. The Morgan fingerprint density at radius 2 is 1.70 bits per heavy atom. The van der Waals surface area contributed by atoms with Crippen LogP contribution in [0, 0.1) is 6.92 Å². The van der Waals surface area contributed by atoms with Gasteiger partial charge >= 0.3 is 0 Å². The molecule has 0 heterocycles. The van der Waals surface area contributed by atoms with Gasteiger partial charge < -0.3 is 10.6 Å². The highest BCUT2D eigenvalue weighted by Crippen LogP contribution is 2.24. The average molecular weight is 324 g/mol. The Morgan fingerprint density at radius 3 is 2.43 bits per heavy atom. The number of aryl methyl sites for hydroxylation is 3. The van der Waals surface area contributed by atoms with Crippen LogP contribution in [0.25, 0.3) is 0 Å². The van der Waals surface area contributed by atoms with Crippen LogP contribution in [0.2, 0.25) is 0 Å². The number of benzene rings is 2. The van der Waals surface area contributed by atoms with Crippen LogP contribution in [0.4, 0.5) is 5.69 Å². The molecule has 120 valence electrons. The Hall–Kier alpha value is -1.87.